The fourth-order valence-corrected chi connectivity index (χ4v) is 5.72. The molecular formula is C31H33N3O3S. The lowest BCUT2D eigenvalue weighted by atomic mass is 9.98. The van der Waals surface area contributed by atoms with Crippen molar-refractivity contribution in [2.75, 3.05) is 25.1 Å². The van der Waals surface area contributed by atoms with Gasteiger partial charge < -0.3 is 15.0 Å². The van der Waals surface area contributed by atoms with Gasteiger partial charge in [-0.15, -0.1) is 0 Å². The highest BCUT2D eigenvalue weighted by atomic mass is 32.1. The van der Waals surface area contributed by atoms with Crippen LogP contribution >= 0.6 is 12.2 Å². The number of anilines is 1. The lowest BCUT2D eigenvalue weighted by molar-refractivity contribution is -0.126. The summed E-state index contributed by atoms with van der Waals surface area (Å²) < 4.78 is 5.85. The van der Waals surface area contributed by atoms with Crippen LogP contribution in [0, 0.1) is 0 Å². The molecule has 1 N–H and O–H groups in total. The van der Waals surface area contributed by atoms with Crippen molar-refractivity contribution in [3.8, 4) is 11.1 Å². The number of ether oxygens (including phenoxy) is 1. The fraction of sp³-hybridized carbons (Fsp3) is 0.323. The summed E-state index contributed by atoms with van der Waals surface area (Å²) in [7, 11) is 1.89. The number of fused-ring (bicyclic) bond motifs is 3. The maximum Gasteiger partial charge on any atom is 0.410 e. The fourth-order valence-electron chi connectivity index (χ4n) is 5.57. The molecule has 0 spiro atoms. The van der Waals surface area contributed by atoms with Crippen LogP contribution in [0.2, 0.25) is 0 Å². The summed E-state index contributed by atoms with van der Waals surface area (Å²) in [6, 6.07) is 25.7. The quantitative estimate of drug-likeness (QED) is 0.413. The normalized spacial score (nSPS) is 16.5. The Kier molecular flexibility index (Phi) is 7.21. The molecule has 0 saturated carbocycles. The van der Waals surface area contributed by atoms with Crippen molar-refractivity contribution in [2.24, 2.45) is 0 Å². The molecule has 38 heavy (non-hydrogen) atoms. The number of hydrogen-bond acceptors (Lipinski definition) is 4. The molecule has 0 bridgehead atoms. The summed E-state index contributed by atoms with van der Waals surface area (Å²) in [6.07, 6.45) is 0.885. The number of carbonyl (C=O) groups excluding carboxylic acids is 2. The summed E-state index contributed by atoms with van der Waals surface area (Å²) in [5, 5.41) is 3.09. The van der Waals surface area contributed by atoms with Gasteiger partial charge in [-0.1, -0.05) is 78.9 Å². The van der Waals surface area contributed by atoms with Crippen molar-refractivity contribution in [3.05, 3.63) is 90.0 Å². The van der Waals surface area contributed by atoms with E-state index in [1.165, 1.54) is 11.1 Å². The molecule has 3 aromatic rings. The molecule has 1 fully saturated rings. The summed E-state index contributed by atoms with van der Waals surface area (Å²) in [6.45, 7) is 4.50. The number of carbonyl (C=O) groups is 2. The maximum absolute atomic E-state index is 13.4. The van der Waals surface area contributed by atoms with E-state index in [0.29, 0.717) is 18.0 Å². The molecule has 196 valence electrons. The zero-order chi connectivity index (χ0) is 26.9. The van der Waals surface area contributed by atoms with Crippen LogP contribution < -0.4 is 10.2 Å². The molecule has 1 heterocycles. The van der Waals surface area contributed by atoms with E-state index in [-0.39, 0.29) is 18.4 Å². The van der Waals surface area contributed by atoms with E-state index in [9.17, 15) is 9.59 Å². The van der Waals surface area contributed by atoms with E-state index in [2.05, 4.69) is 29.6 Å². The largest absolute Gasteiger partial charge is 0.448 e. The number of nitrogens with one attached hydrogen (secondary N) is 1. The number of thiocarbonyl (C=S) groups is 1. The highest BCUT2D eigenvalue weighted by molar-refractivity contribution is 7.80. The number of rotatable bonds is 6. The number of benzene rings is 3. The molecule has 1 aliphatic heterocycles. The molecular weight excluding hydrogens is 494 g/mol. The van der Waals surface area contributed by atoms with Gasteiger partial charge in [0.25, 0.3) is 0 Å². The van der Waals surface area contributed by atoms with Gasteiger partial charge in [0, 0.05) is 25.2 Å². The molecule has 6 nitrogen and oxygen atoms in total. The van der Waals surface area contributed by atoms with E-state index in [0.717, 1.165) is 23.2 Å². The first-order valence-corrected chi connectivity index (χ1v) is 13.5. The van der Waals surface area contributed by atoms with Crippen molar-refractivity contribution in [2.45, 2.75) is 44.2 Å². The van der Waals surface area contributed by atoms with Gasteiger partial charge in [0.15, 0.2) is 0 Å². The van der Waals surface area contributed by atoms with E-state index in [1.54, 1.807) is 4.90 Å². The summed E-state index contributed by atoms with van der Waals surface area (Å²) >= 11 is 5.74. The van der Waals surface area contributed by atoms with Crippen molar-refractivity contribution >= 4 is 34.9 Å². The molecule has 2 amide bonds. The van der Waals surface area contributed by atoms with Crippen LogP contribution in [0.25, 0.3) is 11.1 Å². The first kappa shape index (κ1) is 25.9. The Labute approximate surface area is 229 Å². The Balaban J connectivity index is 1.24. The van der Waals surface area contributed by atoms with Crippen LogP contribution in [-0.2, 0) is 9.53 Å². The van der Waals surface area contributed by atoms with Crippen molar-refractivity contribution in [1.29, 1.82) is 0 Å². The number of amides is 2. The standard InChI is InChI=1S/C31H33N3O3S/c1-31(2,29(38)33(3)21-12-5-4-6-13-21)32-28(35)27-18-11-19-34(27)30(36)37-20-26-24-16-9-7-14-22(24)23-15-8-10-17-25(23)26/h4-10,12-17,26-27H,11,18-20H2,1-3H3,(H,32,35)/t27-/m1/s1. The zero-order valence-corrected chi connectivity index (χ0v) is 22.8. The first-order valence-electron chi connectivity index (χ1n) is 13.0. The molecule has 0 radical (unpaired) electrons. The monoisotopic (exact) mass is 527 g/mol. The van der Waals surface area contributed by atoms with Gasteiger partial charge in [-0.2, -0.15) is 0 Å². The molecule has 0 aromatic heterocycles. The minimum Gasteiger partial charge on any atom is -0.448 e. The van der Waals surface area contributed by atoms with Gasteiger partial charge >= 0.3 is 6.09 Å². The van der Waals surface area contributed by atoms with Crippen LogP contribution in [0.4, 0.5) is 10.5 Å². The number of likely N-dealkylation sites (tertiary alicyclic amines) is 1. The SMILES string of the molecule is CN(C(=S)C(C)(C)NC(=O)[C@H]1CCCN1C(=O)OCC1c2ccccc2-c2ccccc21)c1ccccc1. The second-order valence-corrected chi connectivity index (χ2v) is 10.9. The van der Waals surface area contributed by atoms with Gasteiger partial charge in [-0.05, 0) is 61.1 Å². The third-order valence-electron chi connectivity index (χ3n) is 7.54. The van der Waals surface area contributed by atoms with Gasteiger partial charge in [-0.3, -0.25) is 9.69 Å². The van der Waals surface area contributed by atoms with E-state index >= 15 is 0 Å². The summed E-state index contributed by atoms with van der Waals surface area (Å²) in [4.78, 5) is 30.7. The lowest BCUT2D eigenvalue weighted by Gasteiger charge is -2.35. The van der Waals surface area contributed by atoms with Gasteiger partial charge in [0.1, 0.15) is 17.6 Å². The minimum atomic E-state index is -0.785. The average molecular weight is 528 g/mol. The Morgan fingerprint density at radius 2 is 1.55 bits per heavy atom. The molecule has 2 aliphatic rings. The molecule has 0 unspecified atom stereocenters. The predicted molar refractivity (Wildman–Crippen MR) is 154 cm³/mol. The highest BCUT2D eigenvalue weighted by Gasteiger charge is 2.39. The molecule has 7 heteroatoms. The molecule has 1 saturated heterocycles. The Morgan fingerprint density at radius 3 is 2.18 bits per heavy atom. The van der Waals surface area contributed by atoms with Gasteiger partial charge in [-0.25, -0.2) is 4.79 Å². The minimum absolute atomic E-state index is 0.0222. The van der Waals surface area contributed by atoms with E-state index in [1.807, 2.05) is 80.4 Å². The van der Waals surface area contributed by atoms with Gasteiger partial charge in [0.05, 0.1) is 5.54 Å². The third kappa shape index (κ3) is 4.90. The second-order valence-electron chi connectivity index (χ2n) is 10.5. The van der Waals surface area contributed by atoms with E-state index < -0.39 is 17.7 Å². The van der Waals surface area contributed by atoms with Crippen molar-refractivity contribution in [1.82, 2.24) is 10.2 Å². The van der Waals surface area contributed by atoms with Crippen LogP contribution in [0.15, 0.2) is 78.9 Å². The molecule has 5 rings (SSSR count). The van der Waals surface area contributed by atoms with Crippen LogP contribution in [0.1, 0.15) is 43.7 Å². The lowest BCUT2D eigenvalue weighted by Crippen LogP contribution is -2.58. The number of nitrogens with zero attached hydrogens (tertiary/aromatic N) is 2. The van der Waals surface area contributed by atoms with Crippen LogP contribution in [0.3, 0.4) is 0 Å². The zero-order valence-electron chi connectivity index (χ0n) is 22.0. The molecule has 1 aliphatic carbocycles. The van der Waals surface area contributed by atoms with Gasteiger partial charge in [0.2, 0.25) is 5.91 Å². The maximum atomic E-state index is 13.4. The molecule has 3 aromatic carbocycles. The Bertz CT molecular complexity index is 1310. The average Bonchev–Trinajstić information content (AvgIpc) is 3.55. The first-order chi connectivity index (χ1) is 18.3. The predicted octanol–water partition coefficient (Wildman–Crippen LogP) is 5.76. The number of hydrogen-bond donors (Lipinski definition) is 1. The van der Waals surface area contributed by atoms with E-state index in [4.69, 9.17) is 17.0 Å². The summed E-state index contributed by atoms with van der Waals surface area (Å²) in [5.74, 6) is -0.240. The highest BCUT2D eigenvalue weighted by Crippen LogP contribution is 2.44. The Morgan fingerprint density at radius 1 is 0.974 bits per heavy atom. The van der Waals surface area contributed by atoms with Crippen LogP contribution in [0.5, 0.6) is 0 Å². The Hall–Kier alpha value is -3.71. The number of para-hydroxylation sites is 1. The summed E-state index contributed by atoms with van der Waals surface area (Å²) in [5.41, 5.74) is 4.85. The number of likely N-dealkylation sites (N-methyl/N-ethyl adjacent to an activating group) is 1. The second kappa shape index (κ2) is 10.6. The van der Waals surface area contributed by atoms with Crippen molar-refractivity contribution in [3.63, 3.8) is 0 Å². The van der Waals surface area contributed by atoms with Crippen LogP contribution in [-0.4, -0.2) is 53.7 Å². The van der Waals surface area contributed by atoms with Crippen molar-refractivity contribution < 1.29 is 14.3 Å². The topological polar surface area (TPSA) is 61.9 Å². The smallest absolute Gasteiger partial charge is 0.410 e. The third-order valence-corrected chi connectivity index (χ3v) is 8.33. The molecule has 1 atom stereocenters.